The SMILES string of the molecule is CCCCOc1ccc(OC(F)(F)c2ccc(/C=C/C(=O)O)cc2)cc1OC. The Labute approximate surface area is 162 Å². The van der Waals surface area contributed by atoms with Crippen molar-refractivity contribution in [2.45, 2.75) is 25.9 Å². The number of aliphatic carboxylic acids is 1. The van der Waals surface area contributed by atoms with Crippen LogP contribution >= 0.6 is 0 Å². The summed E-state index contributed by atoms with van der Waals surface area (Å²) in [4.78, 5) is 10.5. The first kappa shape index (κ1) is 21.2. The lowest BCUT2D eigenvalue weighted by Crippen LogP contribution is -2.21. The average Bonchev–Trinajstić information content (AvgIpc) is 2.67. The van der Waals surface area contributed by atoms with Crippen molar-refractivity contribution in [2.75, 3.05) is 13.7 Å². The van der Waals surface area contributed by atoms with Gasteiger partial charge >= 0.3 is 12.1 Å². The molecule has 0 aliphatic carbocycles. The zero-order valence-electron chi connectivity index (χ0n) is 15.7. The fourth-order valence-electron chi connectivity index (χ4n) is 2.32. The predicted octanol–water partition coefficient (Wildman–Crippen LogP) is 5.10. The highest BCUT2D eigenvalue weighted by molar-refractivity contribution is 5.85. The Kier molecular flexibility index (Phi) is 7.37. The van der Waals surface area contributed by atoms with Gasteiger partial charge in [-0.3, -0.25) is 0 Å². The molecule has 0 heterocycles. The smallest absolute Gasteiger partial charge is 0.426 e. The molecule has 0 aliphatic rings. The third-order valence-corrected chi connectivity index (χ3v) is 3.80. The highest BCUT2D eigenvalue weighted by atomic mass is 19.3. The Morgan fingerprint density at radius 3 is 2.46 bits per heavy atom. The van der Waals surface area contributed by atoms with Crippen LogP contribution in [-0.2, 0) is 10.9 Å². The summed E-state index contributed by atoms with van der Waals surface area (Å²) in [5.41, 5.74) is 0.124. The van der Waals surface area contributed by atoms with Crippen molar-refractivity contribution >= 4 is 12.0 Å². The zero-order chi connectivity index (χ0) is 20.6. The zero-order valence-corrected chi connectivity index (χ0v) is 15.7. The van der Waals surface area contributed by atoms with E-state index in [-0.39, 0.29) is 11.3 Å². The van der Waals surface area contributed by atoms with Crippen LogP contribution in [0.3, 0.4) is 0 Å². The summed E-state index contributed by atoms with van der Waals surface area (Å²) in [5.74, 6) is -0.423. The second-order valence-corrected chi connectivity index (χ2v) is 5.93. The molecule has 150 valence electrons. The molecule has 0 aliphatic heterocycles. The Hall–Kier alpha value is -3.09. The summed E-state index contributed by atoms with van der Waals surface area (Å²) in [5, 5.41) is 8.60. The lowest BCUT2D eigenvalue weighted by Gasteiger charge is -2.19. The lowest BCUT2D eigenvalue weighted by atomic mass is 10.1. The molecular formula is C21H22F2O5. The van der Waals surface area contributed by atoms with Crippen molar-refractivity contribution in [3.8, 4) is 17.2 Å². The minimum absolute atomic E-state index is 0.0699. The van der Waals surface area contributed by atoms with Gasteiger partial charge in [-0.05, 0) is 42.3 Å². The van der Waals surface area contributed by atoms with Crippen LogP contribution in [-0.4, -0.2) is 24.8 Å². The van der Waals surface area contributed by atoms with Gasteiger partial charge in [-0.1, -0.05) is 25.5 Å². The molecule has 2 rings (SSSR count). The molecule has 0 saturated carbocycles. The van der Waals surface area contributed by atoms with Crippen molar-refractivity contribution in [3.05, 3.63) is 59.7 Å². The van der Waals surface area contributed by atoms with Gasteiger partial charge in [0.15, 0.2) is 11.5 Å². The van der Waals surface area contributed by atoms with Crippen LogP contribution < -0.4 is 14.2 Å². The van der Waals surface area contributed by atoms with Crippen LogP contribution in [0, 0.1) is 0 Å². The van der Waals surface area contributed by atoms with Crippen molar-refractivity contribution in [2.24, 2.45) is 0 Å². The molecule has 0 aromatic heterocycles. The van der Waals surface area contributed by atoms with E-state index in [9.17, 15) is 13.6 Å². The summed E-state index contributed by atoms with van der Waals surface area (Å²) in [6.07, 6.45) is 0.510. The van der Waals surface area contributed by atoms with Gasteiger partial charge in [0.05, 0.1) is 19.3 Å². The van der Waals surface area contributed by atoms with Crippen LogP contribution in [0.4, 0.5) is 8.78 Å². The molecule has 2 aromatic rings. The maximum Gasteiger partial charge on any atom is 0.426 e. The third kappa shape index (κ3) is 5.97. The number of methoxy groups -OCH3 is 1. The molecule has 1 N–H and O–H groups in total. The van der Waals surface area contributed by atoms with E-state index in [1.165, 1.54) is 55.7 Å². The highest BCUT2D eigenvalue weighted by Crippen LogP contribution is 2.36. The minimum Gasteiger partial charge on any atom is -0.493 e. The van der Waals surface area contributed by atoms with Gasteiger partial charge in [0, 0.05) is 12.1 Å². The Morgan fingerprint density at radius 1 is 1.14 bits per heavy atom. The first-order chi connectivity index (χ1) is 13.4. The van der Waals surface area contributed by atoms with E-state index in [0.717, 1.165) is 18.9 Å². The summed E-state index contributed by atoms with van der Waals surface area (Å²) >= 11 is 0. The topological polar surface area (TPSA) is 65.0 Å². The lowest BCUT2D eigenvalue weighted by molar-refractivity contribution is -0.185. The van der Waals surface area contributed by atoms with Crippen molar-refractivity contribution < 1.29 is 32.9 Å². The van der Waals surface area contributed by atoms with Gasteiger partial charge in [-0.15, -0.1) is 0 Å². The Morgan fingerprint density at radius 2 is 1.86 bits per heavy atom. The van der Waals surface area contributed by atoms with Crippen LogP contribution in [0.5, 0.6) is 17.2 Å². The molecule has 28 heavy (non-hydrogen) atoms. The average molecular weight is 392 g/mol. The number of ether oxygens (including phenoxy) is 3. The first-order valence-corrected chi connectivity index (χ1v) is 8.75. The third-order valence-electron chi connectivity index (χ3n) is 3.80. The molecule has 0 fully saturated rings. The van der Waals surface area contributed by atoms with E-state index >= 15 is 0 Å². The van der Waals surface area contributed by atoms with Crippen LogP contribution in [0.2, 0.25) is 0 Å². The molecule has 0 unspecified atom stereocenters. The van der Waals surface area contributed by atoms with E-state index < -0.39 is 12.1 Å². The molecule has 7 heteroatoms. The molecule has 0 amide bonds. The number of carboxylic acid groups (broad SMARTS) is 1. The number of alkyl halides is 2. The summed E-state index contributed by atoms with van der Waals surface area (Å²) < 4.78 is 44.6. The van der Waals surface area contributed by atoms with Gasteiger partial charge < -0.3 is 19.3 Å². The van der Waals surface area contributed by atoms with E-state index in [1.807, 2.05) is 6.92 Å². The second kappa shape index (κ2) is 9.73. The molecule has 0 radical (unpaired) electrons. The Bertz CT molecular complexity index is 816. The monoisotopic (exact) mass is 392 g/mol. The number of carbonyl (C=O) groups is 1. The van der Waals surface area contributed by atoms with Crippen LogP contribution in [0.25, 0.3) is 6.08 Å². The van der Waals surface area contributed by atoms with Crippen molar-refractivity contribution in [1.82, 2.24) is 0 Å². The summed E-state index contributed by atoms with van der Waals surface area (Å²) in [6, 6.07) is 9.40. The van der Waals surface area contributed by atoms with Gasteiger partial charge in [0.1, 0.15) is 5.75 Å². The van der Waals surface area contributed by atoms with Gasteiger partial charge in [-0.2, -0.15) is 8.78 Å². The van der Waals surface area contributed by atoms with Crippen LogP contribution in [0.15, 0.2) is 48.5 Å². The largest absolute Gasteiger partial charge is 0.493 e. The van der Waals surface area contributed by atoms with Crippen molar-refractivity contribution in [3.63, 3.8) is 0 Å². The number of benzene rings is 2. The molecule has 0 saturated heterocycles. The number of hydrogen-bond donors (Lipinski definition) is 1. The van der Waals surface area contributed by atoms with E-state index in [1.54, 1.807) is 0 Å². The number of halogens is 2. The normalized spacial score (nSPS) is 11.4. The van der Waals surface area contributed by atoms with Crippen molar-refractivity contribution in [1.29, 1.82) is 0 Å². The van der Waals surface area contributed by atoms with Gasteiger partial charge in [0.25, 0.3) is 0 Å². The molecular weight excluding hydrogens is 370 g/mol. The standard InChI is InChI=1S/C21H22F2O5/c1-3-4-13-27-18-11-10-17(14-19(18)26-2)28-21(22,23)16-8-5-15(6-9-16)7-12-20(24)25/h5-12,14H,3-4,13H2,1-2H3,(H,24,25)/b12-7+. The maximum atomic E-state index is 14.5. The Balaban J connectivity index is 2.13. The number of carboxylic acids is 1. The first-order valence-electron chi connectivity index (χ1n) is 8.75. The fourth-order valence-corrected chi connectivity index (χ4v) is 2.32. The molecule has 0 bridgehead atoms. The molecule has 0 atom stereocenters. The highest BCUT2D eigenvalue weighted by Gasteiger charge is 2.34. The maximum absolute atomic E-state index is 14.5. The number of hydrogen-bond acceptors (Lipinski definition) is 4. The molecule has 5 nitrogen and oxygen atoms in total. The second-order valence-electron chi connectivity index (χ2n) is 5.93. The predicted molar refractivity (Wildman–Crippen MR) is 101 cm³/mol. The fraction of sp³-hybridized carbons (Fsp3) is 0.286. The molecule has 0 spiro atoms. The van der Waals surface area contributed by atoms with Gasteiger partial charge in [0.2, 0.25) is 0 Å². The van der Waals surface area contributed by atoms with E-state index in [2.05, 4.69) is 0 Å². The number of rotatable bonds is 10. The summed E-state index contributed by atoms with van der Waals surface area (Å²) in [7, 11) is 1.42. The van der Waals surface area contributed by atoms with E-state index in [4.69, 9.17) is 19.3 Å². The summed E-state index contributed by atoms with van der Waals surface area (Å²) in [6.45, 7) is 2.54. The number of unbranched alkanes of at least 4 members (excludes halogenated alkanes) is 1. The molecule has 2 aromatic carbocycles. The van der Waals surface area contributed by atoms with E-state index in [0.29, 0.717) is 23.7 Å². The minimum atomic E-state index is -3.58. The van der Waals surface area contributed by atoms with Crippen LogP contribution in [0.1, 0.15) is 30.9 Å². The van der Waals surface area contributed by atoms with Gasteiger partial charge in [-0.25, -0.2) is 4.79 Å². The quantitative estimate of drug-likeness (QED) is 0.450.